The second kappa shape index (κ2) is 6.24. The Kier molecular flexibility index (Phi) is 4.14. The zero-order valence-electron chi connectivity index (χ0n) is 13.4. The minimum absolute atomic E-state index is 0.125. The smallest absolute Gasteiger partial charge is 0.256 e. The van der Waals surface area contributed by atoms with Gasteiger partial charge in [0.25, 0.3) is 5.91 Å². The average molecular weight is 312 g/mol. The highest BCUT2D eigenvalue weighted by Gasteiger charge is 2.26. The van der Waals surface area contributed by atoms with Crippen LogP contribution in [0.15, 0.2) is 30.3 Å². The third-order valence-electron chi connectivity index (χ3n) is 4.17. The van der Waals surface area contributed by atoms with Crippen LogP contribution < -0.4 is 5.32 Å². The maximum absolute atomic E-state index is 12.3. The molecule has 1 N–H and O–H groups in total. The van der Waals surface area contributed by atoms with Crippen molar-refractivity contribution in [2.24, 2.45) is 7.05 Å². The number of nitrogens with zero attached hydrogens (tertiary/aromatic N) is 3. The second-order valence-electron chi connectivity index (χ2n) is 5.64. The van der Waals surface area contributed by atoms with Crippen LogP contribution in [0.25, 0.3) is 0 Å². The number of amides is 2. The molecule has 120 valence electrons. The van der Waals surface area contributed by atoms with Gasteiger partial charge in [0.15, 0.2) is 5.82 Å². The summed E-state index contributed by atoms with van der Waals surface area (Å²) in [5.74, 6) is 0.482. The first kappa shape index (κ1) is 15.3. The first-order chi connectivity index (χ1) is 11.1. The van der Waals surface area contributed by atoms with Crippen LogP contribution in [-0.2, 0) is 24.8 Å². The van der Waals surface area contributed by atoms with E-state index in [0.29, 0.717) is 30.9 Å². The number of hydrogen-bond acceptors (Lipinski definition) is 3. The molecule has 0 saturated heterocycles. The van der Waals surface area contributed by atoms with Crippen molar-refractivity contribution >= 4 is 17.6 Å². The van der Waals surface area contributed by atoms with E-state index in [4.69, 9.17) is 0 Å². The molecule has 1 aliphatic rings. The Hall–Kier alpha value is -2.63. The molecule has 2 amide bonds. The van der Waals surface area contributed by atoms with Gasteiger partial charge in [-0.15, -0.1) is 0 Å². The Labute approximate surface area is 135 Å². The van der Waals surface area contributed by atoms with E-state index in [1.807, 2.05) is 37.1 Å². The number of nitrogens with one attached hydrogen (secondary N) is 1. The van der Waals surface area contributed by atoms with E-state index in [-0.39, 0.29) is 11.8 Å². The number of aryl methyl sites for hydroxylation is 1. The standard InChI is InChI=1S/C17H20N4O2/c1-3-15(22)21-10-9-14-13(11-21)16(19-20(14)2)18-17(23)12-7-5-4-6-8-12/h4-8H,3,9-11H2,1-2H3,(H,18,19,23). The predicted molar refractivity (Wildman–Crippen MR) is 87.0 cm³/mol. The summed E-state index contributed by atoms with van der Waals surface area (Å²) >= 11 is 0. The van der Waals surface area contributed by atoms with E-state index in [0.717, 1.165) is 17.7 Å². The topological polar surface area (TPSA) is 67.2 Å². The molecule has 0 saturated carbocycles. The lowest BCUT2D eigenvalue weighted by Gasteiger charge is -2.27. The molecule has 1 aliphatic heterocycles. The average Bonchev–Trinajstić information content (AvgIpc) is 2.90. The van der Waals surface area contributed by atoms with Crippen LogP contribution in [-0.4, -0.2) is 33.0 Å². The van der Waals surface area contributed by atoms with E-state index in [1.54, 1.807) is 16.8 Å². The summed E-state index contributed by atoms with van der Waals surface area (Å²) in [6.07, 6.45) is 1.24. The third kappa shape index (κ3) is 2.97. The van der Waals surface area contributed by atoms with Gasteiger partial charge in [-0.05, 0) is 12.1 Å². The van der Waals surface area contributed by atoms with Crippen molar-refractivity contribution < 1.29 is 9.59 Å². The summed E-state index contributed by atoms with van der Waals surface area (Å²) in [6, 6.07) is 9.04. The molecule has 3 rings (SSSR count). The van der Waals surface area contributed by atoms with Gasteiger partial charge in [-0.1, -0.05) is 25.1 Å². The van der Waals surface area contributed by atoms with Crippen molar-refractivity contribution in [2.75, 3.05) is 11.9 Å². The zero-order valence-corrected chi connectivity index (χ0v) is 13.4. The minimum atomic E-state index is -0.189. The fraction of sp³-hybridized carbons (Fsp3) is 0.353. The minimum Gasteiger partial charge on any atom is -0.338 e. The number of carbonyl (C=O) groups excluding carboxylic acids is 2. The number of anilines is 1. The molecular formula is C17H20N4O2. The molecule has 0 bridgehead atoms. The van der Waals surface area contributed by atoms with Crippen LogP contribution in [0.2, 0.25) is 0 Å². The van der Waals surface area contributed by atoms with Gasteiger partial charge in [0.05, 0.1) is 6.54 Å². The number of rotatable bonds is 3. The van der Waals surface area contributed by atoms with E-state index in [9.17, 15) is 9.59 Å². The van der Waals surface area contributed by atoms with Crippen molar-refractivity contribution in [3.63, 3.8) is 0 Å². The SMILES string of the molecule is CCC(=O)N1CCc2c(c(NC(=O)c3ccccc3)nn2C)C1. The molecule has 23 heavy (non-hydrogen) atoms. The molecule has 1 aromatic heterocycles. The summed E-state index contributed by atoms with van der Waals surface area (Å²) in [7, 11) is 1.87. The Bertz CT molecular complexity index is 737. The molecule has 2 aromatic rings. The molecule has 0 unspecified atom stereocenters. The Morgan fingerprint density at radius 1 is 1.26 bits per heavy atom. The fourth-order valence-corrected chi connectivity index (χ4v) is 2.90. The van der Waals surface area contributed by atoms with Crippen molar-refractivity contribution in [3.8, 4) is 0 Å². The van der Waals surface area contributed by atoms with E-state index < -0.39 is 0 Å². The maximum atomic E-state index is 12.3. The number of carbonyl (C=O) groups is 2. The van der Waals surface area contributed by atoms with Crippen molar-refractivity contribution in [1.82, 2.24) is 14.7 Å². The highest BCUT2D eigenvalue weighted by atomic mass is 16.2. The van der Waals surface area contributed by atoms with Gasteiger partial charge < -0.3 is 10.2 Å². The second-order valence-corrected chi connectivity index (χ2v) is 5.64. The van der Waals surface area contributed by atoms with E-state index >= 15 is 0 Å². The van der Waals surface area contributed by atoms with Gasteiger partial charge >= 0.3 is 0 Å². The maximum Gasteiger partial charge on any atom is 0.256 e. The van der Waals surface area contributed by atoms with E-state index in [2.05, 4.69) is 10.4 Å². The molecule has 2 heterocycles. The normalized spacial score (nSPS) is 13.6. The summed E-state index contributed by atoms with van der Waals surface area (Å²) in [6.45, 7) is 3.06. The molecule has 6 heteroatoms. The summed E-state index contributed by atoms with van der Waals surface area (Å²) < 4.78 is 1.80. The molecule has 0 aliphatic carbocycles. The van der Waals surface area contributed by atoms with Gasteiger partial charge in [-0.2, -0.15) is 5.10 Å². The molecule has 1 aromatic carbocycles. The zero-order chi connectivity index (χ0) is 16.4. The molecule has 0 radical (unpaired) electrons. The van der Waals surface area contributed by atoms with Gasteiger partial charge in [0.2, 0.25) is 5.91 Å². The Morgan fingerprint density at radius 2 is 2.00 bits per heavy atom. The van der Waals surface area contributed by atoms with Crippen molar-refractivity contribution in [3.05, 3.63) is 47.2 Å². The number of benzene rings is 1. The van der Waals surface area contributed by atoms with Crippen LogP contribution >= 0.6 is 0 Å². The van der Waals surface area contributed by atoms with Crippen molar-refractivity contribution in [1.29, 1.82) is 0 Å². The molecule has 0 fully saturated rings. The Balaban J connectivity index is 1.85. The van der Waals surface area contributed by atoms with Crippen LogP contribution in [0.4, 0.5) is 5.82 Å². The van der Waals surface area contributed by atoms with Gasteiger partial charge in [0, 0.05) is 43.3 Å². The van der Waals surface area contributed by atoms with Crippen LogP contribution in [0.5, 0.6) is 0 Å². The van der Waals surface area contributed by atoms with Gasteiger partial charge in [0.1, 0.15) is 0 Å². The number of hydrogen-bond donors (Lipinski definition) is 1. The summed E-state index contributed by atoms with van der Waals surface area (Å²) in [4.78, 5) is 26.1. The monoisotopic (exact) mass is 312 g/mol. The van der Waals surface area contributed by atoms with Crippen LogP contribution in [0.1, 0.15) is 35.0 Å². The predicted octanol–water partition coefficient (Wildman–Crippen LogP) is 1.97. The lowest BCUT2D eigenvalue weighted by Crippen LogP contribution is -2.36. The van der Waals surface area contributed by atoms with Gasteiger partial charge in [-0.3, -0.25) is 14.3 Å². The lowest BCUT2D eigenvalue weighted by atomic mass is 10.1. The van der Waals surface area contributed by atoms with Crippen LogP contribution in [0, 0.1) is 0 Å². The van der Waals surface area contributed by atoms with E-state index in [1.165, 1.54) is 0 Å². The summed E-state index contributed by atoms with van der Waals surface area (Å²) in [5, 5.41) is 7.30. The number of aromatic nitrogens is 2. The summed E-state index contributed by atoms with van der Waals surface area (Å²) in [5.41, 5.74) is 2.60. The highest BCUT2D eigenvalue weighted by Crippen LogP contribution is 2.26. The van der Waals surface area contributed by atoms with Crippen molar-refractivity contribution in [2.45, 2.75) is 26.3 Å². The lowest BCUT2D eigenvalue weighted by molar-refractivity contribution is -0.131. The molecular weight excluding hydrogens is 292 g/mol. The van der Waals surface area contributed by atoms with Crippen LogP contribution in [0.3, 0.4) is 0 Å². The van der Waals surface area contributed by atoms with Gasteiger partial charge in [-0.25, -0.2) is 0 Å². The molecule has 6 nitrogen and oxygen atoms in total. The Morgan fingerprint density at radius 3 is 2.70 bits per heavy atom. The first-order valence-electron chi connectivity index (χ1n) is 7.79. The molecule has 0 atom stereocenters. The first-order valence-corrected chi connectivity index (χ1v) is 7.79. The molecule has 0 spiro atoms. The fourth-order valence-electron chi connectivity index (χ4n) is 2.90. The number of fused-ring (bicyclic) bond motifs is 1. The quantitative estimate of drug-likeness (QED) is 0.942. The third-order valence-corrected chi connectivity index (χ3v) is 4.17. The highest BCUT2D eigenvalue weighted by molar-refractivity contribution is 6.04. The largest absolute Gasteiger partial charge is 0.338 e.